The summed E-state index contributed by atoms with van der Waals surface area (Å²) in [5.41, 5.74) is 8.09. The predicted octanol–water partition coefficient (Wildman–Crippen LogP) is 14.9. The lowest BCUT2D eigenvalue weighted by Gasteiger charge is -2.34. The molecule has 4 saturated heterocycles. The SMILES string of the molecule is C=CC(=O)N1CCN(Cc2ccc(-c3cc(O)ccc3Cl)c(Cl)c2)CC1.C=CC(=O)N1CCN(Cc2ccc(-c3cc(O)ccc3Cl)cc2)CC1.C=CC(=O)N1CCN(Cc2ccc(-c3cc(O)ccc3Cl)cc2O)CC1.C=CC(=O)N1CCN(Cc2ccc(-c3ccccc3C(F)(F)F)cc2O)CC1. The topological polar surface area (TPSA) is 195 Å². The van der Waals surface area contributed by atoms with Crippen LogP contribution < -0.4 is 0 Å². The van der Waals surface area contributed by atoms with Crippen LogP contribution in [0.2, 0.25) is 20.1 Å². The second-order valence-corrected chi connectivity index (χ2v) is 27.1. The van der Waals surface area contributed by atoms with Gasteiger partial charge in [-0.2, -0.15) is 13.2 Å². The number of phenolic OH excluding ortho intramolecular Hbond substituents is 5. The van der Waals surface area contributed by atoms with E-state index in [1.807, 2.05) is 52.3 Å². The Morgan fingerprint density at radius 1 is 0.343 bits per heavy atom. The van der Waals surface area contributed by atoms with Gasteiger partial charge in [-0.3, -0.25) is 38.8 Å². The van der Waals surface area contributed by atoms with Gasteiger partial charge in [-0.1, -0.05) is 152 Å². The minimum absolute atomic E-state index is 0.00648. The number of benzene rings is 8. The number of hydrogen-bond acceptors (Lipinski definition) is 13. The maximum absolute atomic E-state index is 13.2. The summed E-state index contributed by atoms with van der Waals surface area (Å²) in [6.45, 7) is 28.2. The monoisotopic (exact) mass is 1510 g/mol. The van der Waals surface area contributed by atoms with Gasteiger partial charge in [0.15, 0.2) is 0 Å². The number of carbonyl (C=O) groups is 4. The van der Waals surface area contributed by atoms with Crippen LogP contribution in [0, 0.1) is 0 Å². The number of carbonyl (C=O) groups excluding carboxylic acids is 4. The van der Waals surface area contributed by atoms with Crippen LogP contribution in [-0.4, -0.2) is 193 Å². The van der Waals surface area contributed by atoms with Crippen molar-refractivity contribution in [2.75, 3.05) is 105 Å². The molecule has 4 amide bonds. The number of rotatable bonds is 16. The summed E-state index contributed by atoms with van der Waals surface area (Å²) in [7, 11) is 0. The third kappa shape index (κ3) is 22.0. The Kier molecular flexibility index (Phi) is 28.3. The Morgan fingerprint density at radius 2 is 0.676 bits per heavy atom. The van der Waals surface area contributed by atoms with E-state index in [4.69, 9.17) is 46.4 Å². The Morgan fingerprint density at radius 3 is 1.06 bits per heavy atom. The number of piperazine rings is 4. The van der Waals surface area contributed by atoms with Crippen LogP contribution in [0.15, 0.2) is 208 Å². The van der Waals surface area contributed by atoms with Crippen molar-refractivity contribution in [3.63, 3.8) is 0 Å². The molecule has 0 atom stereocenters. The van der Waals surface area contributed by atoms with E-state index in [0.29, 0.717) is 108 Å². The van der Waals surface area contributed by atoms with Gasteiger partial charge in [-0.25, -0.2) is 0 Å². The van der Waals surface area contributed by atoms with Crippen LogP contribution in [0.3, 0.4) is 0 Å². The van der Waals surface area contributed by atoms with E-state index in [-0.39, 0.29) is 57.9 Å². The number of alkyl halides is 3. The fraction of sp³-hybridized carbons (Fsp3) is 0.259. The number of hydrogen-bond donors (Lipinski definition) is 5. The Bertz CT molecular complexity index is 4420. The zero-order valence-corrected chi connectivity index (χ0v) is 60.9. The van der Waals surface area contributed by atoms with Crippen LogP contribution in [0.5, 0.6) is 28.7 Å². The Labute approximate surface area is 630 Å². The second-order valence-electron chi connectivity index (χ2n) is 25.5. The standard InChI is InChI=1S/C21H21F3N2O2.C20H20Cl2N2O2.C20H21ClN2O3.C20H21ClN2O2/c1-2-20(28)26-11-9-25(10-12-26)14-16-8-7-15(13-19(16)27)17-5-3-4-6-18(17)21(22,23)24;1-2-20(26)24-9-7-23(8-10-24)13-14-3-5-16(19(22)11-14)17-12-15(25)4-6-18(17)21;1-2-20(26)23-9-7-22(8-10-23)13-15-4-3-14(11-19(15)25)17-12-16(24)5-6-18(17)21;1-2-20(25)23-11-9-22(10-12-23)14-15-3-5-16(6-4-15)18-13-17(24)7-8-19(18)21/h2-8,13,27H,1,9-12,14H2;2-6,11-12,25H,1,7-10,13H2;2-6,11-12,24-25H,1,7-10,13H2;2-8,13,24H,1,9-12,14H2. The molecule has 5 N–H and O–H groups in total. The van der Waals surface area contributed by atoms with Crippen molar-refractivity contribution in [2.45, 2.75) is 32.4 Å². The van der Waals surface area contributed by atoms with Crippen LogP contribution in [0.1, 0.15) is 27.8 Å². The summed E-state index contributed by atoms with van der Waals surface area (Å²) in [4.78, 5) is 62.6. The van der Waals surface area contributed by atoms with Crippen molar-refractivity contribution in [1.29, 1.82) is 0 Å². The van der Waals surface area contributed by atoms with Gasteiger partial charge in [0.05, 0.1) is 5.56 Å². The molecule has 4 aliphatic rings. The van der Waals surface area contributed by atoms with Gasteiger partial charge >= 0.3 is 6.18 Å². The smallest absolute Gasteiger partial charge is 0.417 e. The lowest BCUT2D eigenvalue weighted by atomic mass is 9.97. The molecule has 0 aliphatic carbocycles. The molecule has 4 fully saturated rings. The summed E-state index contributed by atoms with van der Waals surface area (Å²) in [5, 5.41) is 52.0. The molecule has 0 spiro atoms. The zero-order chi connectivity index (χ0) is 75.5. The van der Waals surface area contributed by atoms with Crippen LogP contribution in [0.25, 0.3) is 44.5 Å². The number of aromatic hydroxyl groups is 5. The summed E-state index contributed by atoms with van der Waals surface area (Å²) < 4.78 is 39.7. The molecule has 8 aromatic carbocycles. The van der Waals surface area contributed by atoms with E-state index < -0.39 is 11.7 Å². The maximum Gasteiger partial charge on any atom is 0.417 e. The fourth-order valence-electron chi connectivity index (χ4n) is 12.6. The number of nitrogens with zero attached hydrogens (tertiary/aromatic N) is 8. The molecule has 17 nitrogen and oxygen atoms in total. The highest BCUT2D eigenvalue weighted by Gasteiger charge is 2.34. The van der Waals surface area contributed by atoms with Crippen LogP contribution >= 0.6 is 46.4 Å². The van der Waals surface area contributed by atoms with Gasteiger partial charge in [-0.15, -0.1) is 0 Å². The molecule has 0 saturated carbocycles. The normalized spacial score (nSPS) is 15.2. The van der Waals surface area contributed by atoms with Gasteiger partial charge in [0, 0.05) is 184 Å². The van der Waals surface area contributed by atoms with Crippen molar-refractivity contribution in [2.24, 2.45) is 0 Å². The molecule has 105 heavy (non-hydrogen) atoms. The Hall–Kier alpha value is -9.61. The molecule has 550 valence electrons. The average molecular weight is 1510 g/mol. The van der Waals surface area contributed by atoms with E-state index >= 15 is 0 Å². The largest absolute Gasteiger partial charge is 0.508 e. The number of amides is 4. The summed E-state index contributed by atoms with van der Waals surface area (Å²) in [6, 6.07) is 43.9. The molecule has 4 aliphatic heterocycles. The molecule has 24 heteroatoms. The maximum atomic E-state index is 13.2. The second kappa shape index (κ2) is 37.4. The van der Waals surface area contributed by atoms with Gasteiger partial charge < -0.3 is 45.1 Å². The summed E-state index contributed by atoms with van der Waals surface area (Å²) >= 11 is 25.1. The van der Waals surface area contributed by atoms with E-state index in [1.54, 1.807) is 82.6 Å². The first-order chi connectivity index (χ1) is 50.3. The lowest BCUT2D eigenvalue weighted by molar-refractivity contribution is -0.137. The van der Waals surface area contributed by atoms with Crippen molar-refractivity contribution in [3.8, 4) is 73.3 Å². The number of halogens is 7. The molecule has 8 aromatic rings. The molecule has 12 rings (SSSR count). The molecular formula is C81H83Cl4F3N8O9. The van der Waals surface area contributed by atoms with Crippen LogP contribution in [-0.2, 0) is 51.5 Å². The van der Waals surface area contributed by atoms with Crippen molar-refractivity contribution in [3.05, 3.63) is 256 Å². The van der Waals surface area contributed by atoms with Gasteiger partial charge in [0.2, 0.25) is 23.6 Å². The van der Waals surface area contributed by atoms with Gasteiger partial charge in [-0.05, 0) is 137 Å². The third-order valence-electron chi connectivity index (χ3n) is 18.5. The Balaban J connectivity index is 0.000000162. The van der Waals surface area contributed by atoms with E-state index in [1.165, 1.54) is 54.1 Å². The third-order valence-corrected chi connectivity index (χ3v) is 19.8. The predicted molar refractivity (Wildman–Crippen MR) is 409 cm³/mol. The average Bonchev–Trinajstić information content (AvgIpc) is 0.838. The minimum Gasteiger partial charge on any atom is -0.508 e. The first-order valence-corrected chi connectivity index (χ1v) is 35.5. The van der Waals surface area contributed by atoms with Crippen molar-refractivity contribution in [1.82, 2.24) is 39.2 Å². The highest BCUT2D eigenvalue weighted by Crippen LogP contribution is 2.40. The summed E-state index contributed by atoms with van der Waals surface area (Å²) in [5.74, 6) is 0.472. The fourth-order valence-corrected chi connectivity index (χ4v) is 13.6. The first-order valence-electron chi connectivity index (χ1n) is 34.0. The molecule has 4 heterocycles. The number of phenols is 5. The van der Waals surface area contributed by atoms with Crippen molar-refractivity contribution >= 4 is 70.0 Å². The molecule has 0 unspecified atom stereocenters. The highest BCUT2D eigenvalue weighted by atomic mass is 35.5. The minimum atomic E-state index is -4.46. The molecule has 0 bridgehead atoms. The molecule has 0 radical (unpaired) electrons. The van der Waals surface area contributed by atoms with Gasteiger partial charge in [0.1, 0.15) is 28.7 Å². The molecule has 0 aromatic heterocycles. The van der Waals surface area contributed by atoms with Crippen molar-refractivity contribution < 1.29 is 57.9 Å². The van der Waals surface area contributed by atoms with E-state index in [9.17, 15) is 57.9 Å². The summed E-state index contributed by atoms with van der Waals surface area (Å²) in [6.07, 6.45) is 0.903. The van der Waals surface area contributed by atoms with Gasteiger partial charge in [0.25, 0.3) is 0 Å². The van der Waals surface area contributed by atoms with Crippen LogP contribution in [0.4, 0.5) is 13.2 Å². The zero-order valence-electron chi connectivity index (χ0n) is 57.9. The highest BCUT2D eigenvalue weighted by molar-refractivity contribution is 6.36. The van der Waals surface area contributed by atoms with E-state index in [2.05, 4.69) is 58.0 Å². The quantitative estimate of drug-likeness (QED) is 0.0574. The van der Waals surface area contributed by atoms with E-state index in [0.717, 1.165) is 105 Å². The lowest BCUT2D eigenvalue weighted by Crippen LogP contribution is -2.47. The molecular weight excluding hydrogens is 1430 g/mol. The first kappa shape index (κ1) is 79.5.